The highest BCUT2D eigenvalue weighted by molar-refractivity contribution is 6.02. The first-order chi connectivity index (χ1) is 19.0. The van der Waals surface area contributed by atoms with Crippen LogP contribution in [0.1, 0.15) is 32.1 Å². The Labute approximate surface area is 227 Å². The van der Waals surface area contributed by atoms with E-state index in [0.29, 0.717) is 30.2 Å². The number of ether oxygens (including phenoxy) is 2. The molecule has 3 aromatic carbocycles. The quantitative estimate of drug-likeness (QED) is 0.0968. The van der Waals surface area contributed by atoms with Crippen LogP contribution in [0.2, 0.25) is 0 Å². The first-order valence-corrected chi connectivity index (χ1v) is 12.9. The molecule has 4 rings (SSSR count). The van der Waals surface area contributed by atoms with Gasteiger partial charge in [0.25, 0.3) is 0 Å². The standard InChI is InChI=1S/C30H34N4O5/c1-38-26-18-24(19-27(20-26)39-2)32-30(36)34(16-6-4-3-5-7-29(35)33-37)25-12-10-21(11-13-25)23-9-8-22-14-15-31-28(22)17-23/h8-15,17-20,31,37H,3-7,16H2,1-2H3,(H,32,36)(H,33,35). The van der Waals surface area contributed by atoms with Gasteiger partial charge in [-0.2, -0.15) is 0 Å². The van der Waals surface area contributed by atoms with Gasteiger partial charge in [0.15, 0.2) is 0 Å². The number of carbonyl (C=O) groups excluding carboxylic acids is 2. The molecular formula is C30H34N4O5. The minimum absolute atomic E-state index is 0.272. The monoisotopic (exact) mass is 530 g/mol. The van der Waals surface area contributed by atoms with Crippen LogP contribution in [0.4, 0.5) is 16.2 Å². The molecule has 0 unspecified atom stereocenters. The lowest BCUT2D eigenvalue weighted by Gasteiger charge is -2.24. The average Bonchev–Trinajstić information content (AvgIpc) is 3.44. The van der Waals surface area contributed by atoms with Crippen LogP contribution in [0, 0.1) is 0 Å². The molecule has 0 aliphatic rings. The molecule has 0 saturated carbocycles. The van der Waals surface area contributed by atoms with E-state index >= 15 is 0 Å². The fourth-order valence-electron chi connectivity index (χ4n) is 4.44. The number of fused-ring (bicyclic) bond motifs is 1. The van der Waals surface area contributed by atoms with Crippen molar-refractivity contribution in [3.05, 3.63) is 72.9 Å². The summed E-state index contributed by atoms with van der Waals surface area (Å²) in [4.78, 5) is 29.7. The summed E-state index contributed by atoms with van der Waals surface area (Å²) in [6.45, 7) is 0.493. The number of amides is 3. The highest BCUT2D eigenvalue weighted by Crippen LogP contribution is 2.29. The van der Waals surface area contributed by atoms with Crippen LogP contribution in [-0.2, 0) is 4.79 Å². The molecule has 4 N–H and O–H groups in total. The van der Waals surface area contributed by atoms with E-state index < -0.39 is 0 Å². The third-order valence-electron chi connectivity index (χ3n) is 6.58. The zero-order valence-corrected chi connectivity index (χ0v) is 22.2. The second-order valence-electron chi connectivity index (χ2n) is 9.21. The van der Waals surface area contributed by atoms with Crippen molar-refractivity contribution in [3.8, 4) is 22.6 Å². The molecule has 0 radical (unpaired) electrons. The van der Waals surface area contributed by atoms with Gasteiger partial charge in [-0.25, -0.2) is 10.3 Å². The molecule has 0 spiro atoms. The second-order valence-corrected chi connectivity index (χ2v) is 9.21. The molecule has 204 valence electrons. The van der Waals surface area contributed by atoms with Crippen molar-refractivity contribution in [1.82, 2.24) is 10.5 Å². The molecule has 1 aromatic heterocycles. The summed E-state index contributed by atoms with van der Waals surface area (Å²) in [5.74, 6) is 0.762. The van der Waals surface area contributed by atoms with Crippen LogP contribution in [-0.4, -0.2) is 42.9 Å². The number of carbonyl (C=O) groups is 2. The molecule has 1 heterocycles. The van der Waals surface area contributed by atoms with Gasteiger partial charge in [-0.15, -0.1) is 0 Å². The fraction of sp³-hybridized carbons (Fsp3) is 0.267. The van der Waals surface area contributed by atoms with E-state index in [1.165, 1.54) is 0 Å². The van der Waals surface area contributed by atoms with Gasteiger partial charge >= 0.3 is 6.03 Å². The Morgan fingerprint density at radius 3 is 2.23 bits per heavy atom. The summed E-state index contributed by atoms with van der Waals surface area (Å²) in [5, 5.41) is 12.8. The Hall–Kier alpha value is -4.50. The number of urea groups is 1. The normalized spacial score (nSPS) is 10.7. The Balaban J connectivity index is 1.50. The SMILES string of the molecule is COc1cc(NC(=O)N(CCCCCCC(=O)NO)c2ccc(-c3ccc4cc[nH]c4c3)cc2)cc(OC)c1. The number of nitrogens with one attached hydrogen (secondary N) is 3. The van der Waals surface area contributed by atoms with Gasteiger partial charge in [0.05, 0.1) is 14.2 Å². The number of unbranched alkanes of at least 4 members (excludes halogenated alkanes) is 3. The third kappa shape index (κ3) is 7.30. The van der Waals surface area contributed by atoms with Crippen molar-refractivity contribution >= 4 is 34.2 Å². The molecule has 0 atom stereocenters. The van der Waals surface area contributed by atoms with E-state index in [9.17, 15) is 9.59 Å². The smallest absolute Gasteiger partial charge is 0.326 e. The van der Waals surface area contributed by atoms with Crippen molar-refractivity contribution < 1.29 is 24.3 Å². The van der Waals surface area contributed by atoms with Gasteiger partial charge < -0.3 is 19.8 Å². The Morgan fingerprint density at radius 1 is 0.846 bits per heavy atom. The fourth-order valence-corrected chi connectivity index (χ4v) is 4.44. The van der Waals surface area contributed by atoms with E-state index in [-0.39, 0.29) is 18.4 Å². The summed E-state index contributed by atoms with van der Waals surface area (Å²) in [7, 11) is 3.12. The predicted octanol–water partition coefficient (Wildman–Crippen LogP) is 6.35. The zero-order chi connectivity index (χ0) is 27.6. The molecule has 0 aliphatic carbocycles. The number of aromatic amines is 1. The van der Waals surface area contributed by atoms with Gasteiger partial charge in [-0.1, -0.05) is 37.1 Å². The van der Waals surface area contributed by atoms with Crippen molar-refractivity contribution in [3.63, 3.8) is 0 Å². The number of benzene rings is 3. The summed E-state index contributed by atoms with van der Waals surface area (Å²) in [6.07, 6.45) is 5.27. The first kappa shape index (κ1) is 27.5. The molecular weight excluding hydrogens is 496 g/mol. The lowest BCUT2D eigenvalue weighted by Crippen LogP contribution is -2.35. The predicted molar refractivity (Wildman–Crippen MR) is 153 cm³/mol. The van der Waals surface area contributed by atoms with Crippen molar-refractivity contribution in [1.29, 1.82) is 0 Å². The zero-order valence-electron chi connectivity index (χ0n) is 22.2. The molecule has 0 aliphatic heterocycles. The van der Waals surface area contributed by atoms with Gasteiger partial charge in [-0.05, 0) is 53.6 Å². The van der Waals surface area contributed by atoms with E-state index in [2.05, 4.69) is 28.5 Å². The molecule has 9 nitrogen and oxygen atoms in total. The van der Waals surface area contributed by atoms with E-state index in [1.54, 1.807) is 42.8 Å². The van der Waals surface area contributed by atoms with E-state index in [0.717, 1.165) is 47.0 Å². The van der Waals surface area contributed by atoms with Crippen LogP contribution in [0.5, 0.6) is 11.5 Å². The summed E-state index contributed by atoms with van der Waals surface area (Å²) in [5.41, 5.74) is 6.20. The maximum absolute atomic E-state index is 13.5. The second kappa shape index (κ2) is 13.3. The lowest BCUT2D eigenvalue weighted by molar-refractivity contribution is -0.129. The van der Waals surface area contributed by atoms with Gasteiger partial charge in [0, 0.05) is 54.3 Å². The number of anilines is 2. The number of hydroxylamine groups is 1. The number of hydrogen-bond acceptors (Lipinski definition) is 5. The third-order valence-corrected chi connectivity index (χ3v) is 6.58. The Bertz CT molecular complexity index is 1380. The van der Waals surface area contributed by atoms with Crippen molar-refractivity contribution in [2.24, 2.45) is 0 Å². The number of nitrogens with zero attached hydrogens (tertiary/aromatic N) is 1. The highest BCUT2D eigenvalue weighted by atomic mass is 16.5. The number of aromatic nitrogens is 1. The largest absolute Gasteiger partial charge is 0.497 e. The first-order valence-electron chi connectivity index (χ1n) is 12.9. The summed E-state index contributed by atoms with van der Waals surface area (Å²) < 4.78 is 10.7. The summed E-state index contributed by atoms with van der Waals surface area (Å²) >= 11 is 0. The maximum atomic E-state index is 13.5. The number of hydrogen-bond donors (Lipinski definition) is 4. The van der Waals surface area contributed by atoms with Gasteiger partial charge in [0.2, 0.25) is 5.91 Å². The van der Waals surface area contributed by atoms with Crippen molar-refractivity contribution in [2.45, 2.75) is 32.1 Å². The minimum atomic E-state index is -0.389. The van der Waals surface area contributed by atoms with Gasteiger partial charge in [-0.3, -0.25) is 14.9 Å². The van der Waals surface area contributed by atoms with Crippen LogP contribution in [0.15, 0.2) is 72.9 Å². The molecule has 4 aromatic rings. The maximum Gasteiger partial charge on any atom is 0.326 e. The molecule has 3 amide bonds. The van der Waals surface area contributed by atoms with Crippen LogP contribution >= 0.6 is 0 Å². The van der Waals surface area contributed by atoms with Gasteiger partial charge in [0.1, 0.15) is 11.5 Å². The lowest BCUT2D eigenvalue weighted by atomic mass is 10.0. The highest BCUT2D eigenvalue weighted by Gasteiger charge is 2.17. The van der Waals surface area contributed by atoms with Crippen LogP contribution in [0.25, 0.3) is 22.0 Å². The molecule has 9 heteroatoms. The molecule has 39 heavy (non-hydrogen) atoms. The summed E-state index contributed by atoms with van der Waals surface area (Å²) in [6, 6.07) is 21.2. The minimum Gasteiger partial charge on any atom is -0.497 e. The average molecular weight is 531 g/mol. The van der Waals surface area contributed by atoms with Crippen molar-refractivity contribution in [2.75, 3.05) is 31.0 Å². The van der Waals surface area contributed by atoms with Crippen LogP contribution in [0.3, 0.4) is 0 Å². The number of methoxy groups -OCH3 is 2. The van der Waals surface area contributed by atoms with E-state index in [4.69, 9.17) is 14.7 Å². The number of H-pyrrole nitrogens is 1. The molecule has 0 saturated heterocycles. The van der Waals surface area contributed by atoms with Crippen LogP contribution < -0.4 is 25.2 Å². The Morgan fingerprint density at radius 2 is 1.54 bits per heavy atom. The van der Waals surface area contributed by atoms with E-state index in [1.807, 2.05) is 36.5 Å². The molecule has 0 bridgehead atoms. The topological polar surface area (TPSA) is 116 Å². The number of rotatable bonds is 12. The molecule has 0 fully saturated rings. The Kier molecular flexibility index (Phi) is 9.42.